The van der Waals surface area contributed by atoms with E-state index in [0.29, 0.717) is 5.92 Å². The van der Waals surface area contributed by atoms with Crippen LogP contribution in [0.2, 0.25) is 0 Å². The van der Waals surface area contributed by atoms with E-state index in [-0.39, 0.29) is 0 Å². The maximum atomic E-state index is 5.34. The van der Waals surface area contributed by atoms with Crippen molar-refractivity contribution in [1.82, 2.24) is 4.98 Å². The molecular formula is C11H15NO. The fourth-order valence-corrected chi connectivity index (χ4v) is 1.68. The van der Waals surface area contributed by atoms with Crippen LogP contribution in [0.3, 0.4) is 0 Å². The molecule has 0 N–H and O–H groups in total. The summed E-state index contributed by atoms with van der Waals surface area (Å²) in [5.41, 5.74) is 2.50. The van der Waals surface area contributed by atoms with Gasteiger partial charge in [-0.15, -0.1) is 0 Å². The van der Waals surface area contributed by atoms with Gasteiger partial charge >= 0.3 is 0 Å². The third-order valence-electron chi connectivity index (χ3n) is 2.61. The van der Waals surface area contributed by atoms with E-state index in [1.807, 2.05) is 6.20 Å². The van der Waals surface area contributed by atoms with E-state index >= 15 is 0 Å². The number of aromatic nitrogens is 1. The normalized spacial score (nSPS) is 22.1. The van der Waals surface area contributed by atoms with Gasteiger partial charge in [0.15, 0.2) is 0 Å². The first-order valence-electron chi connectivity index (χ1n) is 4.92. The molecule has 0 bridgehead atoms. The molecule has 1 saturated heterocycles. The van der Waals surface area contributed by atoms with Crippen molar-refractivity contribution < 1.29 is 4.74 Å². The molecule has 1 aliphatic rings. The molecule has 0 saturated carbocycles. The highest BCUT2D eigenvalue weighted by molar-refractivity contribution is 5.19. The Bertz CT molecular complexity index is 262. The molecule has 2 heteroatoms. The average molecular weight is 177 g/mol. The highest BCUT2D eigenvalue weighted by Crippen LogP contribution is 2.24. The molecule has 1 aliphatic heterocycles. The minimum atomic E-state index is 0.582. The zero-order valence-electron chi connectivity index (χ0n) is 7.99. The average Bonchev–Trinajstić information content (AvgIpc) is 2.71. The molecule has 70 valence electrons. The Morgan fingerprint density at radius 3 is 3.00 bits per heavy atom. The number of nitrogens with zero attached hydrogens (tertiary/aromatic N) is 1. The first kappa shape index (κ1) is 8.70. The van der Waals surface area contributed by atoms with Crippen molar-refractivity contribution in [2.75, 3.05) is 13.2 Å². The second-order valence-corrected chi connectivity index (χ2v) is 3.50. The third kappa shape index (κ3) is 1.89. The van der Waals surface area contributed by atoms with Crippen molar-refractivity contribution in [2.24, 2.45) is 0 Å². The van der Waals surface area contributed by atoms with Gasteiger partial charge in [-0.1, -0.05) is 13.0 Å². The minimum Gasteiger partial charge on any atom is -0.381 e. The topological polar surface area (TPSA) is 22.1 Å². The number of rotatable bonds is 2. The lowest BCUT2D eigenvalue weighted by atomic mass is 10.0. The van der Waals surface area contributed by atoms with Crippen LogP contribution in [0.25, 0.3) is 0 Å². The number of hydrogen-bond donors (Lipinski definition) is 0. The zero-order valence-corrected chi connectivity index (χ0v) is 7.99. The molecule has 13 heavy (non-hydrogen) atoms. The van der Waals surface area contributed by atoms with Crippen LogP contribution in [0.4, 0.5) is 0 Å². The summed E-state index contributed by atoms with van der Waals surface area (Å²) in [6.45, 7) is 3.90. The Kier molecular flexibility index (Phi) is 2.60. The van der Waals surface area contributed by atoms with Crippen molar-refractivity contribution in [3.05, 3.63) is 29.6 Å². The summed E-state index contributed by atoms with van der Waals surface area (Å²) < 4.78 is 5.34. The van der Waals surface area contributed by atoms with Crippen LogP contribution in [0.1, 0.15) is 30.5 Å². The predicted molar refractivity (Wildman–Crippen MR) is 51.8 cm³/mol. The van der Waals surface area contributed by atoms with Crippen LogP contribution >= 0.6 is 0 Å². The van der Waals surface area contributed by atoms with Crippen molar-refractivity contribution in [3.8, 4) is 0 Å². The highest BCUT2D eigenvalue weighted by atomic mass is 16.5. The van der Waals surface area contributed by atoms with E-state index < -0.39 is 0 Å². The van der Waals surface area contributed by atoms with Gasteiger partial charge in [-0.2, -0.15) is 0 Å². The van der Waals surface area contributed by atoms with Crippen molar-refractivity contribution >= 4 is 0 Å². The molecular weight excluding hydrogens is 162 g/mol. The van der Waals surface area contributed by atoms with Crippen LogP contribution in [-0.4, -0.2) is 18.2 Å². The lowest BCUT2D eigenvalue weighted by molar-refractivity contribution is 0.194. The van der Waals surface area contributed by atoms with Crippen LogP contribution in [0.15, 0.2) is 18.3 Å². The Morgan fingerprint density at radius 1 is 1.54 bits per heavy atom. The Morgan fingerprint density at radius 2 is 2.46 bits per heavy atom. The summed E-state index contributed by atoms with van der Waals surface area (Å²) in [6.07, 6.45) is 4.16. The second kappa shape index (κ2) is 3.88. The molecule has 1 aromatic rings. The van der Waals surface area contributed by atoms with E-state index in [1.54, 1.807) is 0 Å². The fourth-order valence-electron chi connectivity index (χ4n) is 1.68. The minimum absolute atomic E-state index is 0.582. The second-order valence-electron chi connectivity index (χ2n) is 3.50. The van der Waals surface area contributed by atoms with Gasteiger partial charge in [-0.05, 0) is 24.5 Å². The standard InChI is InChI=1S/C11H15NO/c1-2-11-4-3-9(7-12-11)10-5-6-13-8-10/h3-4,7,10H,2,5-6,8H2,1H3. The summed E-state index contributed by atoms with van der Waals surface area (Å²) in [5, 5.41) is 0. The summed E-state index contributed by atoms with van der Waals surface area (Å²) in [7, 11) is 0. The zero-order chi connectivity index (χ0) is 9.10. The first-order chi connectivity index (χ1) is 6.40. The molecule has 0 radical (unpaired) electrons. The van der Waals surface area contributed by atoms with Crippen LogP contribution in [0, 0.1) is 0 Å². The molecule has 1 aromatic heterocycles. The third-order valence-corrected chi connectivity index (χ3v) is 2.61. The largest absolute Gasteiger partial charge is 0.381 e. The summed E-state index contributed by atoms with van der Waals surface area (Å²) >= 11 is 0. The first-order valence-corrected chi connectivity index (χ1v) is 4.92. The lowest BCUT2D eigenvalue weighted by Gasteiger charge is -2.07. The number of aryl methyl sites for hydroxylation is 1. The fraction of sp³-hybridized carbons (Fsp3) is 0.545. The van der Waals surface area contributed by atoms with Crippen LogP contribution < -0.4 is 0 Å². The van der Waals surface area contributed by atoms with Crippen LogP contribution in [0.5, 0.6) is 0 Å². The Balaban J connectivity index is 2.12. The van der Waals surface area contributed by atoms with Crippen molar-refractivity contribution in [1.29, 1.82) is 0 Å². The quantitative estimate of drug-likeness (QED) is 0.690. The van der Waals surface area contributed by atoms with Crippen molar-refractivity contribution in [2.45, 2.75) is 25.7 Å². The van der Waals surface area contributed by atoms with Gasteiger partial charge in [0.05, 0.1) is 6.61 Å². The number of ether oxygens (including phenoxy) is 1. The molecule has 2 heterocycles. The predicted octanol–water partition coefficient (Wildman–Crippen LogP) is 2.15. The van der Waals surface area contributed by atoms with E-state index in [0.717, 1.165) is 26.1 Å². The van der Waals surface area contributed by atoms with E-state index in [2.05, 4.69) is 24.0 Å². The number of pyridine rings is 1. The number of hydrogen-bond acceptors (Lipinski definition) is 2. The molecule has 1 fully saturated rings. The van der Waals surface area contributed by atoms with Gasteiger partial charge in [-0.3, -0.25) is 4.98 Å². The molecule has 0 amide bonds. The summed E-state index contributed by atoms with van der Waals surface area (Å²) in [6, 6.07) is 4.30. The van der Waals surface area contributed by atoms with Crippen molar-refractivity contribution in [3.63, 3.8) is 0 Å². The smallest absolute Gasteiger partial charge is 0.0536 e. The molecule has 2 nitrogen and oxygen atoms in total. The lowest BCUT2D eigenvalue weighted by Crippen LogP contribution is -1.99. The van der Waals surface area contributed by atoms with E-state index in [4.69, 9.17) is 4.74 Å². The monoisotopic (exact) mass is 177 g/mol. The maximum Gasteiger partial charge on any atom is 0.0536 e. The molecule has 0 aliphatic carbocycles. The van der Waals surface area contributed by atoms with Crippen LogP contribution in [-0.2, 0) is 11.2 Å². The summed E-state index contributed by atoms with van der Waals surface area (Å²) in [5.74, 6) is 0.582. The molecule has 0 aromatic carbocycles. The molecule has 0 spiro atoms. The van der Waals surface area contributed by atoms with E-state index in [9.17, 15) is 0 Å². The Labute approximate surface area is 78.9 Å². The maximum absolute atomic E-state index is 5.34. The van der Waals surface area contributed by atoms with Gasteiger partial charge in [0.2, 0.25) is 0 Å². The summed E-state index contributed by atoms with van der Waals surface area (Å²) in [4.78, 5) is 4.39. The van der Waals surface area contributed by atoms with Gasteiger partial charge in [0.25, 0.3) is 0 Å². The van der Waals surface area contributed by atoms with Gasteiger partial charge in [-0.25, -0.2) is 0 Å². The SMILES string of the molecule is CCc1ccc(C2CCOC2)cn1. The Hall–Kier alpha value is -0.890. The van der Waals surface area contributed by atoms with Gasteiger partial charge < -0.3 is 4.74 Å². The molecule has 1 unspecified atom stereocenters. The van der Waals surface area contributed by atoms with Gasteiger partial charge in [0.1, 0.15) is 0 Å². The van der Waals surface area contributed by atoms with E-state index in [1.165, 1.54) is 11.3 Å². The van der Waals surface area contributed by atoms with Gasteiger partial charge in [0, 0.05) is 24.4 Å². The highest BCUT2D eigenvalue weighted by Gasteiger charge is 2.17. The molecule has 1 atom stereocenters. The molecule has 2 rings (SSSR count).